The van der Waals surface area contributed by atoms with Crippen molar-refractivity contribution in [1.82, 2.24) is 0 Å². The van der Waals surface area contributed by atoms with Gasteiger partial charge in [0.05, 0.1) is 5.02 Å². The van der Waals surface area contributed by atoms with Gasteiger partial charge in [-0.15, -0.1) is 0 Å². The van der Waals surface area contributed by atoms with Crippen LogP contribution in [0.3, 0.4) is 0 Å². The Bertz CT molecular complexity index is 1200. The van der Waals surface area contributed by atoms with E-state index in [9.17, 15) is 23.2 Å². The zero-order valence-electron chi connectivity index (χ0n) is 14.3. The van der Waals surface area contributed by atoms with E-state index in [2.05, 4.69) is 0 Å². The molecule has 3 N–H and O–H groups in total. The molecule has 0 aliphatic heterocycles. The maximum Gasteiger partial charge on any atom is 0.283 e. The lowest BCUT2D eigenvalue weighted by Crippen LogP contribution is -2.38. The van der Waals surface area contributed by atoms with Crippen molar-refractivity contribution in [3.05, 3.63) is 91.4 Å². The van der Waals surface area contributed by atoms with E-state index in [-0.39, 0.29) is 42.5 Å². The molecule has 0 radical (unpaired) electrons. The van der Waals surface area contributed by atoms with Crippen LogP contribution in [-0.4, -0.2) is 23.2 Å². The molecule has 5 nitrogen and oxygen atoms in total. The van der Waals surface area contributed by atoms with Crippen molar-refractivity contribution in [2.45, 2.75) is 4.75 Å². The van der Waals surface area contributed by atoms with Crippen LogP contribution < -0.4 is 0 Å². The Morgan fingerprint density at radius 2 is 1.31 bits per heavy atom. The fourth-order valence-electron chi connectivity index (χ4n) is 3.19. The summed E-state index contributed by atoms with van der Waals surface area (Å²) in [5.41, 5.74) is -0.464. The highest BCUT2D eigenvalue weighted by Crippen LogP contribution is 2.51. The van der Waals surface area contributed by atoms with Crippen LogP contribution >= 0.6 is 46.4 Å². The molecule has 3 aromatic carbocycles. The third kappa shape index (κ3) is 3.77. The Labute approximate surface area is 186 Å². The average Bonchev–Trinajstić information content (AvgIpc) is 2.61. The lowest BCUT2D eigenvalue weighted by Gasteiger charge is -2.34. The normalized spacial score (nSPS) is 13.8. The first-order chi connectivity index (χ1) is 13.5. The van der Waals surface area contributed by atoms with Gasteiger partial charge in [0, 0.05) is 26.2 Å². The van der Waals surface area contributed by atoms with E-state index < -0.39 is 20.6 Å². The topological polar surface area (TPSA) is 94.8 Å². The molecule has 0 saturated heterocycles. The monoisotopic (exact) mass is 492 g/mol. The quantitative estimate of drug-likeness (QED) is 0.311. The number of hydrogen-bond donors (Lipinski definition) is 3. The third-order valence-corrected chi connectivity index (χ3v) is 6.88. The molecule has 0 heterocycles. The van der Waals surface area contributed by atoms with Crippen LogP contribution in [-0.2, 0) is 14.9 Å². The van der Waals surface area contributed by atoms with Gasteiger partial charge in [0.1, 0.15) is 11.5 Å². The zero-order chi connectivity index (χ0) is 21.6. The fraction of sp³-hybridized carbons (Fsp3) is 0.0526. The van der Waals surface area contributed by atoms with Gasteiger partial charge in [-0.1, -0.05) is 64.6 Å². The van der Waals surface area contributed by atoms with Crippen molar-refractivity contribution in [2.75, 3.05) is 0 Å². The summed E-state index contributed by atoms with van der Waals surface area (Å²) in [4.78, 5) is 0. The molecule has 0 bridgehead atoms. The van der Waals surface area contributed by atoms with Crippen LogP contribution in [0.25, 0.3) is 0 Å². The maximum atomic E-state index is 13.0. The molecule has 0 aliphatic carbocycles. The van der Waals surface area contributed by atoms with Gasteiger partial charge < -0.3 is 10.2 Å². The van der Waals surface area contributed by atoms with Gasteiger partial charge in [-0.25, -0.2) is 0 Å². The van der Waals surface area contributed by atoms with Crippen LogP contribution in [0.1, 0.15) is 16.7 Å². The summed E-state index contributed by atoms with van der Waals surface area (Å²) in [5.74, 6) is -0.763. The van der Waals surface area contributed by atoms with Gasteiger partial charge in [-0.05, 0) is 42.0 Å². The Hall–Kier alpha value is -1.67. The zero-order valence-corrected chi connectivity index (χ0v) is 18.1. The fourth-order valence-corrected chi connectivity index (χ4v) is 5.61. The Kier molecular flexibility index (Phi) is 5.98. The molecule has 0 fully saturated rings. The summed E-state index contributed by atoms with van der Waals surface area (Å²) in [5, 5.41) is 20.2. The number of aromatic hydroxyl groups is 2. The van der Waals surface area contributed by atoms with E-state index in [1.54, 1.807) is 0 Å². The van der Waals surface area contributed by atoms with Crippen molar-refractivity contribution in [3.63, 3.8) is 0 Å². The smallest absolute Gasteiger partial charge is 0.283 e. The second-order valence-corrected chi connectivity index (χ2v) is 9.36. The molecule has 29 heavy (non-hydrogen) atoms. The summed E-state index contributed by atoms with van der Waals surface area (Å²) in [7, 11) is -5.08. The number of phenols is 2. The van der Waals surface area contributed by atoms with Gasteiger partial charge in [-0.3, -0.25) is 4.55 Å². The van der Waals surface area contributed by atoms with Crippen molar-refractivity contribution in [3.8, 4) is 11.5 Å². The summed E-state index contributed by atoms with van der Waals surface area (Å²) < 4.78 is 34.0. The first-order valence-electron chi connectivity index (χ1n) is 7.89. The minimum Gasteiger partial charge on any atom is -0.508 e. The van der Waals surface area contributed by atoms with Crippen LogP contribution in [0.15, 0.2) is 54.6 Å². The predicted molar refractivity (Wildman–Crippen MR) is 114 cm³/mol. The maximum absolute atomic E-state index is 13.0. The molecule has 0 spiro atoms. The van der Waals surface area contributed by atoms with Crippen molar-refractivity contribution < 1.29 is 23.2 Å². The highest BCUT2D eigenvalue weighted by atomic mass is 35.5. The minimum absolute atomic E-state index is 0.0136. The first kappa shape index (κ1) is 22.0. The van der Waals surface area contributed by atoms with Gasteiger partial charge in [-0.2, -0.15) is 8.42 Å². The number of rotatable bonds is 4. The number of benzene rings is 3. The van der Waals surface area contributed by atoms with E-state index in [1.807, 2.05) is 0 Å². The molecule has 10 heteroatoms. The van der Waals surface area contributed by atoms with Gasteiger partial charge in [0.15, 0.2) is 4.75 Å². The molecule has 0 amide bonds. The molecule has 3 rings (SSSR count). The molecule has 3 aromatic rings. The highest BCUT2D eigenvalue weighted by Gasteiger charge is 2.51. The van der Waals surface area contributed by atoms with E-state index in [1.165, 1.54) is 48.5 Å². The van der Waals surface area contributed by atoms with Crippen LogP contribution in [0.5, 0.6) is 11.5 Å². The molecule has 0 aromatic heterocycles. The summed E-state index contributed by atoms with van der Waals surface area (Å²) in [6.07, 6.45) is 0. The van der Waals surface area contributed by atoms with Gasteiger partial charge in [0.25, 0.3) is 10.1 Å². The Balaban J connectivity index is 2.61. The first-order valence-corrected chi connectivity index (χ1v) is 10.8. The van der Waals surface area contributed by atoms with E-state index in [0.29, 0.717) is 0 Å². The molecule has 1 unspecified atom stereocenters. The van der Waals surface area contributed by atoms with Crippen molar-refractivity contribution >= 4 is 56.5 Å². The van der Waals surface area contributed by atoms with Gasteiger partial charge in [0.2, 0.25) is 0 Å². The van der Waals surface area contributed by atoms with Crippen molar-refractivity contribution in [1.29, 1.82) is 0 Å². The lowest BCUT2D eigenvalue weighted by molar-refractivity contribution is 0.440. The molecule has 1 atom stereocenters. The lowest BCUT2D eigenvalue weighted by atomic mass is 9.83. The molecule has 0 saturated carbocycles. The van der Waals surface area contributed by atoms with Crippen molar-refractivity contribution in [2.24, 2.45) is 0 Å². The van der Waals surface area contributed by atoms with E-state index in [0.717, 1.165) is 6.07 Å². The van der Waals surface area contributed by atoms with Crippen LogP contribution in [0.4, 0.5) is 0 Å². The predicted octanol–water partition coefficient (Wildman–Crippen LogP) is 5.89. The minimum atomic E-state index is -5.08. The van der Waals surface area contributed by atoms with E-state index in [4.69, 9.17) is 46.4 Å². The summed E-state index contributed by atoms with van der Waals surface area (Å²) in [6, 6.07) is 11.3. The second kappa shape index (κ2) is 7.87. The molecular weight excluding hydrogens is 482 g/mol. The summed E-state index contributed by atoms with van der Waals surface area (Å²) in [6.45, 7) is 0. The third-order valence-electron chi connectivity index (χ3n) is 4.38. The molecule has 152 valence electrons. The Morgan fingerprint density at radius 3 is 1.86 bits per heavy atom. The van der Waals surface area contributed by atoms with Crippen LogP contribution in [0.2, 0.25) is 20.1 Å². The average molecular weight is 494 g/mol. The van der Waals surface area contributed by atoms with Gasteiger partial charge >= 0.3 is 0 Å². The highest BCUT2D eigenvalue weighted by molar-refractivity contribution is 7.87. The second-order valence-electron chi connectivity index (χ2n) is 6.11. The number of halogens is 4. The van der Waals surface area contributed by atoms with Crippen LogP contribution in [0, 0.1) is 0 Å². The molecular formula is C19H12Cl4O5S. The van der Waals surface area contributed by atoms with E-state index >= 15 is 0 Å². The largest absolute Gasteiger partial charge is 0.508 e. The standard InChI is InChI=1S/C19H12Cl4O5S/c20-11-3-6-14(16(22)8-11)19(29(26,27)28,10-1-4-13(24)5-2-10)15-7-12(21)9-17(23)18(15)25/h1-9,24-25H,(H,26,27,28). The number of hydrogen-bond acceptors (Lipinski definition) is 4. The number of phenolic OH excluding ortho intramolecular Hbond substituents is 2. The Morgan fingerprint density at radius 1 is 0.724 bits per heavy atom. The summed E-state index contributed by atoms with van der Waals surface area (Å²) >= 11 is 24.4. The molecule has 0 aliphatic rings. The SMILES string of the molecule is O=S(=O)(O)C(c1ccc(O)cc1)(c1ccc(Cl)cc1Cl)c1cc(Cl)cc(Cl)c1O.